The highest BCUT2D eigenvalue weighted by Gasteiger charge is 2.29. The molecule has 7 heteroatoms. The molecule has 0 saturated carbocycles. The number of fused-ring (bicyclic) bond motifs is 1. The van der Waals surface area contributed by atoms with Gasteiger partial charge in [0.15, 0.2) is 11.5 Å². The fourth-order valence-corrected chi connectivity index (χ4v) is 2.52. The third-order valence-corrected chi connectivity index (χ3v) is 3.73. The minimum absolute atomic E-state index is 0.0772. The zero-order chi connectivity index (χ0) is 17.8. The van der Waals surface area contributed by atoms with E-state index in [0.717, 1.165) is 5.56 Å². The third-order valence-electron chi connectivity index (χ3n) is 3.73. The van der Waals surface area contributed by atoms with Gasteiger partial charge in [-0.15, -0.1) is 0 Å². The minimum Gasteiger partial charge on any atom is -0.485 e. The van der Waals surface area contributed by atoms with Crippen LogP contribution in [-0.4, -0.2) is 37.2 Å². The summed E-state index contributed by atoms with van der Waals surface area (Å²) in [5.74, 6) is 1.01. The Morgan fingerprint density at radius 1 is 1.20 bits per heavy atom. The zero-order valence-corrected chi connectivity index (χ0v) is 13.5. The topological polar surface area (TPSA) is 48.0 Å². The molecule has 2 aromatic rings. The van der Waals surface area contributed by atoms with Crippen LogP contribution < -0.4 is 14.2 Å². The summed E-state index contributed by atoms with van der Waals surface area (Å²) in [7, 11) is 1.65. The van der Waals surface area contributed by atoms with Gasteiger partial charge in [0.05, 0.1) is 0 Å². The van der Waals surface area contributed by atoms with Crippen LogP contribution in [0.15, 0.2) is 48.5 Å². The predicted octanol–water partition coefficient (Wildman–Crippen LogP) is 3.09. The average molecular weight is 349 g/mol. The fraction of sp³-hybridized carbons (Fsp3) is 0.278. The number of nitrogens with zero attached hydrogens (tertiary/aromatic N) is 1. The van der Waals surface area contributed by atoms with Crippen molar-refractivity contribution in [3.05, 3.63) is 54.1 Å². The number of carbonyl (C=O) groups is 1. The van der Waals surface area contributed by atoms with Crippen molar-refractivity contribution in [1.29, 1.82) is 0 Å². The van der Waals surface area contributed by atoms with Crippen LogP contribution in [0, 0.1) is 0 Å². The first-order chi connectivity index (χ1) is 12.0. The standard InChI is InChI=1S/C18H17F2NO4/c1-21(10-12-6-8-13(9-7-12)24-18(19)20)17(22)16-11-23-14-4-2-3-5-15(14)25-16/h2-9,16,18H,10-11H2,1H3. The van der Waals surface area contributed by atoms with Crippen LogP contribution in [0.3, 0.4) is 0 Å². The molecule has 1 heterocycles. The van der Waals surface area contributed by atoms with Gasteiger partial charge in [-0.3, -0.25) is 4.79 Å². The van der Waals surface area contributed by atoms with Crippen molar-refractivity contribution in [2.24, 2.45) is 0 Å². The lowest BCUT2D eigenvalue weighted by Gasteiger charge is -2.28. The molecular weight excluding hydrogens is 332 g/mol. The first-order valence-electron chi connectivity index (χ1n) is 7.70. The number of likely N-dealkylation sites (N-methyl/N-ethyl adjacent to an activating group) is 1. The minimum atomic E-state index is -2.86. The van der Waals surface area contributed by atoms with Gasteiger partial charge in [0.1, 0.15) is 12.4 Å². The van der Waals surface area contributed by atoms with Crippen molar-refractivity contribution >= 4 is 5.91 Å². The Hall–Kier alpha value is -2.83. The van der Waals surface area contributed by atoms with Gasteiger partial charge in [0, 0.05) is 13.6 Å². The Labute approximate surface area is 143 Å². The van der Waals surface area contributed by atoms with Gasteiger partial charge >= 0.3 is 6.61 Å². The molecule has 0 aliphatic carbocycles. The highest BCUT2D eigenvalue weighted by atomic mass is 19.3. The molecular formula is C18H17F2NO4. The SMILES string of the molecule is CN(Cc1ccc(OC(F)F)cc1)C(=O)C1COc2ccccc2O1. The average Bonchev–Trinajstić information content (AvgIpc) is 2.62. The van der Waals surface area contributed by atoms with Crippen molar-refractivity contribution < 1.29 is 27.8 Å². The molecule has 1 amide bonds. The summed E-state index contributed by atoms with van der Waals surface area (Å²) in [5, 5.41) is 0. The second-order valence-electron chi connectivity index (χ2n) is 5.58. The van der Waals surface area contributed by atoms with E-state index in [1.54, 1.807) is 31.3 Å². The molecule has 0 saturated heterocycles. The number of alkyl halides is 2. The number of carbonyl (C=O) groups excluding carboxylic acids is 1. The number of hydrogen-bond donors (Lipinski definition) is 0. The Balaban J connectivity index is 1.59. The number of hydrogen-bond acceptors (Lipinski definition) is 4. The molecule has 0 fully saturated rings. The Kier molecular flexibility index (Phi) is 5.02. The van der Waals surface area contributed by atoms with Crippen molar-refractivity contribution in [1.82, 2.24) is 4.90 Å². The Morgan fingerprint density at radius 2 is 1.88 bits per heavy atom. The largest absolute Gasteiger partial charge is 0.485 e. The molecule has 1 unspecified atom stereocenters. The summed E-state index contributed by atoms with van der Waals surface area (Å²) in [5.41, 5.74) is 0.787. The molecule has 0 N–H and O–H groups in total. The molecule has 0 bridgehead atoms. The van der Waals surface area contributed by atoms with Gasteiger partial charge < -0.3 is 19.1 Å². The van der Waals surface area contributed by atoms with Gasteiger partial charge in [-0.05, 0) is 29.8 Å². The van der Waals surface area contributed by atoms with E-state index in [0.29, 0.717) is 18.0 Å². The number of para-hydroxylation sites is 2. The molecule has 2 aromatic carbocycles. The fourth-order valence-electron chi connectivity index (χ4n) is 2.52. The lowest BCUT2D eigenvalue weighted by atomic mass is 10.2. The van der Waals surface area contributed by atoms with Crippen molar-refractivity contribution in [2.75, 3.05) is 13.7 Å². The van der Waals surface area contributed by atoms with E-state index in [9.17, 15) is 13.6 Å². The highest BCUT2D eigenvalue weighted by Crippen LogP contribution is 2.31. The molecule has 1 atom stereocenters. The van der Waals surface area contributed by atoms with Crippen LogP contribution in [0.1, 0.15) is 5.56 Å². The summed E-state index contributed by atoms with van der Waals surface area (Å²) in [6, 6.07) is 13.3. The van der Waals surface area contributed by atoms with Crippen molar-refractivity contribution in [2.45, 2.75) is 19.3 Å². The first-order valence-corrected chi connectivity index (χ1v) is 7.70. The smallest absolute Gasteiger partial charge is 0.387 e. The van der Waals surface area contributed by atoms with Crippen LogP contribution in [0.2, 0.25) is 0 Å². The molecule has 5 nitrogen and oxygen atoms in total. The van der Waals surface area contributed by atoms with E-state index in [-0.39, 0.29) is 18.3 Å². The Bertz CT molecular complexity index is 736. The van der Waals surface area contributed by atoms with Crippen molar-refractivity contribution in [3.8, 4) is 17.2 Å². The predicted molar refractivity (Wildman–Crippen MR) is 85.9 cm³/mol. The first kappa shape index (κ1) is 17.0. The van der Waals surface area contributed by atoms with E-state index >= 15 is 0 Å². The lowest BCUT2D eigenvalue weighted by Crippen LogP contribution is -2.44. The quantitative estimate of drug-likeness (QED) is 0.832. The van der Waals surface area contributed by atoms with Crippen LogP contribution in [0.5, 0.6) is 17.2 Å². The van der Waals surface area contributed by atoms with Crippen LogP contribution >= 0.6 is 0 Å². The third kappa shape index (κ3) is 4.17. The van der Waals surface area contributed by atoms with Crippen LogP contribution in [0.4, 0.5) is 8.78 Å². The number of benzene rings is 2. The maximum absolute atomic E-state index is 12.5. The summed E-state index contributed by atoms with van der Waals surface area (Å²) in [6.07, 6.45) is -0.721. The zero-order valence-electron chi connectivity index (χ0n) is 13.5. The number of amides is 1. The normalized spacial score (nSPS) is 15.8. The van der Waals surface area contributed by atoms with Gasteiger partial charge in [0.2, 0.25) is 6.10 Å². The van der Waals surface area contributed by atoms with E-state index in [1.165, 1.54) is 17.0 Å². The van der Waals surface area contributed by atoms with Crippen LogP contribution in [0.25, 0.3) is 0 Å². The summed E-state index contributed by atoms with van der Waals surface area (Å²) in [6.45, 7) is -2.40. The molecule has 1 aliphatic rings. The second kappa shape index (κ2) is 7.38. The second-order valence-corrected chi connectivity index (χ2v) is 5.58. The van der Waals surface area contributed by atoms with E-state index in [1.807, 2.05) is 12.1 Å². The molecule has 0 spiro atoms. The maximum atomic E-state index is 12.5. The Morgan fingerprint density at radius 3 is 2.56 bits per heavy atom. The monoisotopic (exact) mass is 349 g/mol. The summed E-state index contributed by atoms with van der Waals surface area (Å²) >= 11 is 0. The van der Waals surface area contributed by atoms with E-state index in [4.69, 9.17) is 9.47 Å². The molecule has 1 aliphatic heterocycles. The van der Waals surface area contributed by atoms with Crippen LogP contribution in [-0.2, 0) is 11.3 Å². The molecule has 3 rings (SSSR count). The molecule has 0 aromatic heterocycles. The summed E-state index contributed by atoms with van der Waals surface area (Å²) < 4.78 is 39.8. The number of ether oxygens (including phenoxy) is 3. The lowest BCUT2D eigenvalue weighted by molar-refractivity contribution is -0.140. The number of rotatable bonds is 5. The highest BCUT2D eigenvalue weighted by molar-refractivity contribution is 5.81. The molecule has 25 heavy (non-hydrogen) atoms. The van der Waals surface area contributed by atoms with Gasteiger partial charge in [-0.1, -0.05) is 24.3 Å². The van der Waals surface area contributed by atoms with E-state index < -0.39 is 12.7 Å². The van der Waals surface area contributed by atoms with Gasteiger partial charge in [-0.25, -0.2) is 0 Å². The number of halogens is 2. The van der Waals surface area contributed by atoms with Gasteiger partial charge in [-0.2, -0.15) is 8.78 Å². The maximum Gasteiger partial charge on any atom is 0.387 e. The summed E-state index contributed by atoms with van der Waals surface area (Å²) in [4.78, 5) is 14.0. The van der Waals surface area contributed by atoms with E-state index in [2.05, 4.69) is 4.74 Å². The molecule has 132 valence electrons. The van der Waals surface area contributed by atoms with Crippen molar-refractivity contribution in [3.63, 3.8) is 0 Å². The molecule has 0 radical (unpaired) electrons. The van der Waals surface area contributed by atoms with Gasteiger partial charge in [0.25, 0.3) is 5.91 Å².